The standard InChI is InChI=1S/C14H14F3NO3/c15-14(16,17)6-5-12(19)18-8-10-4-2-1-3-9(10)7-11(18)13(20)21/h1-4,11H,5-8H2,(H,20,21)/t11-/m0/s1. The lowest BCUT2D eigenvalue weighted by Crippen LogP contribution is -2.48. The molecule has 21 heavy (non-hydrogen) atoms. The Labute approximate surface area is 119 Å². The molecule has 0 aromatic heterocycles. The monoisotopic (exact) mass is 301 g/mol. The van der Waals surface area contributed by atoms with E-state index in [1.807, 2.05) is 0 Å². The van der Waals surface area contributed by atoms with Gasteiger partial charge < -0.3 is 10.0 Å². The second-order valence-electron chi connectivity index (χ2n) is 4.96. The van der Waals surface area contributed by atoms with Crippen LogP contribution in [0.1, 0.15) is 24.0 Å². The second-order valence-corrected chi connectivity index (χ2v) is 4.96. The van der Waals surface area contributed by atoms with Crippen molar-refractivity contribution >= 4 is 11.9 Å². The van der Waals surface area contributed by atoms with Gasteiger partial charge in [0.2, 0.25) is 5.91 Å². The van der Waals surface area contributed by atoms with Crippen molar-refractivity contribution in [3.8, 4) is 0 Å². The molecule has 0 unspecified atom stereocenters. The maximum Gasteiger partial charge on any atom is 0.389 e. The maximum atomic E-state index is 12.2. The third kappa shape index (κ3) is 3.74. The molecule has 7 heteroatoms. The van der Waals surface area contributed by atoms with Crippen LogP contribution in [0.3, 0.4) is 0 Å². The zero-order chi connectivity index (χ0) is 15.6. The van der Waals surface area contributed by atoms with Crippen LogP contribution < -0.4 is 0 Å². The summed E-state index contributed by atoms with van der Waals surface area (Å²) in [6.45, 7) is 0.0316. The SMILES string of the molecule is O=C(O)[C@@H]1Cc2ccccc2CN1C(=O)CCC(F)(F)F. The molecular weight excluding hydrogens is 287 g/mol. The molecule has 0 bridgehead atoms. The number of hydrogen-bond acceptors (Lipinski definition) is 2. The second kappa shape index (κ2) is 5.75. The van der Waals surface area contributed by atoms with Crippen molar-refractivity contribution in [3.05, 3.63) is 35.4 Å². The number of carboxylic acid groups (broad SMARTS) is 1. The molecule has 114 valence electrons. The van der Waals surface area contributed by atoms with Gasteiger partial charge in [-0.3, -0.25) is 4.79 Å². The minimum Gasteiger partial charge on any atom is -0.480 e. The van der Waals surface area contributed by atoms with Crippen LogP contribution in [0.15, 0.2) is 24.3 Å². The molecule has 1 aromatic carbocycles. The number of carboxylic acids is 1. The number of aliphatic carboxylic acids is 1. The molecule has 1 aliphatic heterocycles. The van der Waals surface area contributed by atoms with E-state index in [1.54, 1.807) is 24.3 Å². The third-order valence-electron chi connectivity index (χ3n) is 3.48. The van der Waals surface area contributed by atoms with Gasteiger partial charge in [0.25, 0.3) is 0 Å². The van der Waals surface area contributed by atoms with Gasteiger partial charge in [0.05, 0.1) is 6.42 Å². The molecule has 1 amide bonds. The molecule has 1 heterocycles. The van der Waals surface area contributed by atoms with Crippen molar-refractivity contribution in [3.63, 3.8) is 0 Å². The first kappa shape index (κ1) is 15.3. The average Bonchev–Trinajstić information content (AvgIpc) is 2.42. The molecule has 0 fully saturated rings. The van der Waals surface area contributed by atoms with Gasteiger partial charge in [-0.1, -0.05) is 24.3 Å². The highest BCUT2D eigenvalue weighted by molar-refractivity contribution is 5.84. The summed E-state index contributed by atoms with van der Waals surface area (Å²) in [4.78, 5) is 24.2. The van der Waals surface area contributed by atoms with Gasteiger partial charge in [-0.25, -0.2) is 4.79 Å². The van der Waals surface area contributed by atoms with E-state index in [4.69, 9.17) is 0 Å². The van der Waals surface area contributed by atoms with Crippen molar-refractivity contribution in [2.75, 3.05) is 0 Å². The lowest BCUT2D eigenvalue weighted by molar-refractivity contribution is -0.157. The third-order valence-corrected chi connectivity index (χ3v) is 3.48. The van der Waals surface area contributed by atoms with Crippen molar-refractivity contribution in [1.82, 2.24) is 4.90 Å². The summed E-state index contributed by atoms with van der Waals surface area (Å²) in [5.41, 5.74) is 1.58. The first-order valence-electron chi connectivity index (χ1n) is 6.44. The number of amides is 1. The zero-order valence-corrected chi connectivity index (χ0v) is 11.1. The van der Waals surface area contributed by atoms with Crippen molar-refractivity contribution < 1.29 is 27.9 Å². The molecule has 0 saturated carbocycles. The van der Waals surface area contributed by atoms with E-state index in [-0.39, 0.29) is 13.0 Å². The Balaban J connectivity index is 2.17. The quantitative estimate of drug-likeness (QED) is 0.932. The van der Waals surface area contributed by atoms with Gasteiger partial charge in [-0.2, -0.15) is 13.2 Å². The van der Waals surface area contributed by atoms with Crippen LogP contribution in [0, 0.1) is 0 Å². The highest BCUT2D eigenvalue weighted by Gasteiger charge is 2.36. The van der Waals surface area contributed by atoms with Crippen molar-refractivity contribution in [2.45, 2.75) is 38.0 Å². The zero-order valence-electron chi connectivity index (χ0n) is 11.1. The smallest absolute Gasteiger partial charge is 0.389 e. The molecule has 1 aromatic rings. The van der Waals surface area contributed by atoms with Crippen LogP contribution in [0.4, 0.5) is 13.2 Å². The molecule has 0 radical (unpaired) electrons. The van der Waals surface area contributed by atoms with E-state index in [1.165, 1.54) is 0 Å². The van der Waals surface area contributed by atoms with E-state index in [0.717, 1.165) is 16.0 Å². The summed E-state index contributed by atoms with van der Waals surface area (Å²) in [6.07, 6.45) is -6.28. The van der Waals surface area contributed by atoms with Crippen LogP contribution in [-0.4, -0.2) is 34.1 Å². The molecule has 0 spiro atoms. The Kier molecular flexibility index (Phi) is 4.20. The Morgan fingerprint density at radius 2 is 1.86 bits per heavy atom. The van der Waals surface area contributed by atoms with Gasteiger partial charge >= 0.3 is 12.1 Å². The van der Waals surface area contributed by atoms with Crippen LogP contribution in [-0.2, 0) is 22.6 Å². The van der Waals surface area contributed by atoms with E-state index < -0.39 is 36.9 Å². The van der Waals surface area contributed by atoms with E-state index in [2.05, 4.69) is 0 Å². The fourth-order valence-corrected chi connectivity index (χ4v) is 2.40. The fraction of sp³-hybridized carbons (Fsp3) is 0.429. The predicted molar refractivity (Wildman–Crippen MR) is 67.4 cm³/mol. The highest BCUT2D eigenvalue weighted by Crippen LogP contribution is 2.26. The number of rotatable bonds is 3. The molecule has 1 atom stereocenters. The predicted octanol–water partition coefficient (Wildman–Crippen LogP) is 2.37. The van der Waals surface area contributed by atoms with E-state index >= 15 is 0 Å². The average molecular weight is 301 g/mol. The molecule has 1 aliphatic rings. The molecule has 0 saturated heterocycles. The van der Waals surface area contributed by atoms with Crippen LogP contribution in [0.25, 0.3) is 0 Å². The molecule has 2 rings (SSSR count). The summed E-state index contributed by atoms with van der Waals surface area (Å²) in [5.74, 6) is -1.99. The lowest BCUT2D eigenvalue weighted by Gasteiger charge is -2.34. The topological polar surface area (TPSA) is 57.6 Å². The normalized spacial score (nSPS) is 18.2. The Morgan fingerprint density at radius 1 is 1.24 bits per heavy atom. The summed E-state index contributed by atoms with van der Waals surface area (Å²) in [5, 5.41) is 9.20. The van der Waals surface area contributed by atoms with Gasteiger partial charge in [-0.15, -0.1) is 0 Å². The summed E-state index contributed by atoms with van der Waals surface area (Å²) in [6, 6.07) is 5.91. The Hall–Kier alpha value is -2.05. The fourth-order valence-electron chi connectivity index (χ4n) is 2.40. The van der Waals surface area contributed by atoms with Crippen molar-refractivity contribution in [2.24, 2.45) is 0 Å². The van der Waals surface area contributed by atoms with E-state index in [9.17, 15) is 27.9 Å². The summed E-state index contributed by atoms with van der Waals surface area (Å²) in [7, 11) is 0. The number of fused-ring (bicyclic) bond motifs is 1. The van der Waals surface area contributed by atoms with Crippen LogP contribution in [0.2, 0.25) is 0 Å². The Bertz CT molecular complexity index is 557. The molecule has 1 N–H and O–H groups in total. The van der Waals surface area contributed by atoms with Crippen LogP contribution in [0.5, 0.6) is 0 Å². The summed E-state index contributed by atoms with van der Waals surface area (Å²) >= 11 is 0. The van der Waals surface area contributed by atoms with E-state index in [0.29, 0.717) is 0 Å². The minimum atomic E-state index is -4.43. The first-order valence-corrected chi connectivity index (χ1v) is 6.44. The van der Waals surface area contributed by atoms with Gasteiger partial charge in [0.1, 0.15) is 6.04 Å². The number of hydrogen-bond donors (Lipinski definition) is 1. The molecular formula is C14H14F3NO3. The number of halogens is 3. The summed E-state index contributed by atoms with van der Waals surface area (Å²) < 4.78 is 36.6. The number of nitrogens with zero attached hydrogens (tertiary/aromatic N) is 1. The van der Waals surface area contributed by atoms with Crippen LogP contribution >= 0.6 is 0 Å². The highest BCUT2D eigenvalue weighted by atomic mass is 19.4. The Morgan fingerprint density at radius 3 is 2.43 bits per heavy atom. The van der Waals surface area contributed by atoms with Gasteiger partial charge in [0, 0.05) is 19.4 Å². The first-order chi connectivity index (χ1) is 9.78. The number of carbonyl (C=O) groups excluding carboxylic acids is 1. The maximum absolute atomic E-state index is 12.2. The molecule has 0 aliphatic carbocycles. The molecule has 4 nitrogen and oxygen atoms in total. The number of alkyl halides is 3. The number of benzene rings is 1. The largest absolute Gasteiger partial charge is 0.480 e. The van der Waals surface area contributed by atoms with Crippen molar-refractivity contribution in [1.29, 1.82) is 0 Å². The van der Waals surface area contributed by atoms with Gasteiger partial charge in [0.15, 0.2) is 0 Å². The minimum absolute atomic E-state index is 0.0316. The van der Waals surface area contributed by atoms with Gasteiger partial charge in [-0.05, 0) is 11.1 Å². The lowest BCUT2D eigenvalue weighted by atomic mass is 9.93. The number of carbonyl (C=O) groups is 2.